The van der Waals surface area contributed by atoms with Crippen LogP contribution in [0, 0.1) is 5.92 Å². The van der Waals surface area contributed by atoms with E-state index in [1.807, 2.05) is 23.2 Å². The molecule has 0 spiro atoms. The standard InChI is InChI=1S/C21H29N3O3S/c1-2-22-13-8-18-16-19(6-7-20(18)22)28(26,27)24-14-9-17(10-15-24)21(25)23-11-4-3-5-12-23/h6-8,13,16-17H,2-5,9-12,14-15H2,1H3. The minimum atomic E-state index is -3.53. The summed E-state index contributed by atoms with van der Waals surface area (Å²) >= 11 is 0. The Morgan fingerprint density at radius 3 is 2.43 bits per heavy atom. The first kappa shape index (κ1) is 19.5. The molecule has 0 atom stereocenters. The summed E-state index contributed by atoms with van der Waals surface area (Å²) in [5.41, 5.74) is 1.05. The summed E-state index contributed by atoms with van der Waals surface area (Å²) in [4.78, 5) is 15.0. The lowest BCUT2D eigenvalue weighted by Crippen LogP contribution is -2.45. The summed E-state index contributed by atoms with van der Waals surface area (Å²) in [5, 5.41) is 0.943. The second-order valence-electron chi connectivity index (χ2n) is 7.89. The van der Waals surface area contributed by atoms with E-state index in [-0.39, 0.29) is 11.8 Å². The molecule has 2 aliphatic rings. The third kappa shape index (κ3) is 3.57. The van der Waals surface area contributed by atoms with E-state index in [9.17, 15) is 13.2 Å². The van der Waals surface area contributed by atoms with Crippen LogP contribution in [0.25, 0.3) is 10.9 Å². The molecule has 4 rings (SSSR count). The maximum atomic E-state index is 13.1. The van der Waals surface area contributed by atoms with Gasteiger partial charge in [-0.1, -0.05) is 0 Å². The second-order valence-corrected chi connectivity index (χ2v) is 9.82. The normalized spacial score (nSPS) is 20.0. The van der Waals surface area contributed by atoms with Crippen LogP contribution >= 0.6 is 0 Å². The van der Waals surface area contributed by atoms with Crippen LogP contribution in [-0.4, -0.2) is 54.3 Å². The zero-order valence-corrected chi connectivity index (χ0v) is 17.3. The number of carbonyl (C=O) groups excluding carboxylic acids is 1. The third-order valence-electron chi connectivity index (χ3n) is 6.19. The third-order valence-corrected chi connectivity index (χ3v) is 8.09. The molecule has 2 saturated heterocycles. The molecule has 2 fully saturated rings. The fraction of sp³-hybridized carbons (Fsp3) is 0.571. The number of benzene rings is 1. The van der Waals surface area contributed by atoms with Gasteiger partial charge in [0.25, 0.3) is 0 Å². The smallest absolute Gasteiger partial charge is 0.243 e. The van der Waals surface area contributed by atoms with Gasteiger partial charge < -0.3 is 9.47 Å². The summed E-state index contributed by atoms with van der Waals surface area (Å²) in [6, 6.07) is 7.32. The molecule has 0 unspecified atom stereocenters. The molecule has 0 N–H and O–H groups in total. The van der Waals surface area contributed by atoms with Crippen LogP contribution in [0.1, 0.15) is 39.0 Å². The molecule has 1 amide bonds. The Bertz CT molecular complexity index is 952. The van der Waals surface area contributed by atoms with E-state index >= 15 is 0 Å². The SMILES string of the molecule is CCn1ccc2cc(S(=O)(=O)N3CCC(C(=O)N4CCCCC4)CC3)ccc21. The Morgan fingerprint density at radius 1 is 1.04 bits per heavy atom. The zero-order valence-electron chi connectivity index (χ0n) is 16.5. The second kappa shape index (κ2) is 7.87. The van der Waals surface area contributed by atoms with E-state index in [4.69, 9.17) is 0 Å². The molecule has 152 valence electrons. The lowest BCUT2D eigenvalue weighted by molar-refractivity contribution is -0.137. The average molecular weight is 404 g/mol. The number of hydrogen-bond acceptors (Lipinski definition) is 3. The summed E-state index contributed by atoms with van der Waals surface area (Å²) in [5.74, 6) is 0.185. The van der Waals surface area contributed by atoms with Gasteiger partial charge in [-0.2, -0.15) is 4.31 Å². The Kier molecular flexibility index (Phi) is 5.47. The van der Waals surface area contributed by atoms with Crippen molar-refractivity contribution in [2.45, 2.75) is 50.5 Å². The van der Waals surface area contributed by atoms with Gasteiger partial charge in [-0.15, -0.1) is 0 Å². The molecule has 3 heterocycles. The fourth-order valence-corrected chi connectivity index (χ4v) is 5.98. The van der Waals surface area contributed by atoms with Gasteiger partial charge in [0.1, 0.15) is 0 Å². The number of amides is 1. The van der Waals surface area contributed by atoms with Crippen molar-refractivity contribution in [3.05, 3.63) is 30.5 Å². The molecule has 0 radical (unpaired) electrons. The lowest BCUT2D eigenvalue weighted by atomic mass is 9.95. The van der Waals surface area contributed by atoms with Crippen LogP contribution in [0.2, 0.25) is 0 Å². The minimum absolute atomic E-state index is 0.0365. The van der Waals surface area contributed by atoms with Crippen LogP contribution in [-0.2, 0) is 21.4 Å². The summed E-state index contributed by atoms with van der Waals surface area (Å²) < 4.78 is 29.9. The van der Waals surface area contributed by atoms with Crippen molar-refractivity contribution in [3.8, 4) is 0 Å². The van der Waals surface area contributed by atoms with Crippen molar-refractivity contribution in [3.63, 3.8) is 0 Å². The van der Waals surface area contributed by atoms with Gasteiger partial charge in [-0.25, -0.2) is 8.42 Å². The molecule has 2 aromatic rings. The van der Waals surface area contributed by atoms with Crippen LogP contribution in [0.4, 0.5) is 0 Å². The molecule has 0 saturated carbocycles. The maximum absolute atomic E-state index is 13.1. The topological polar surface area (TPSA) is 62.6 Å². The van der Waals surface area contributed by atoms with E-state index in [0.29, 0.717) is 30.8 Å². The van der Waals surface area contributed by atoms with E-state index in [1.54, 1.807) is 16.4 Å². The molecule has 0 bridgehead atoms. The number of sulfonamides is 1. The van der Waals surface area contributed by atoms with E-state index in [1.165, 1.54) is 6.42 Å². The minimum Gasteiger partial charge on any atom is -0.348 e. The maximum Gasteiger partial charge on any atom is 0.243 e. The molecule has 1 aromatic heterocycles. The number of fused-ring (bicyclic) bond motifs is 1. The lowest BCUT2D eigenvalue weighted by Gasteiger charge is -2.35. The highest BCUT2D eigenvalue weighted by Gasteiger charge is 2.34. The number of rotatable bonds is 4. The average Bonchev–Trinajstić information content (AvgIpc) is 3.16. The largest absolute Gasteiger partial charge is 0.348 e. The monoisotopic (exact) mass is 403 g/mol. The quantitative estimate of drug-likeness (QED) is 0.788. The number of aryl methyl sites for hydroxylation is 1. The van der Waals surface area contributed by atoms with Crippen molar-refractivity contribution in [1.82, 2.24) is 13.8 Å². The molecule has 7 heteroatoms. The highest BCUT2D eigenvalue weighted by molar-refractivity contribution is 7.89. The van der Waals surface area contributed by atoms with Gasteiger partial charge in [0.2, 0.25) is 15.9 Å². The van der Waals surface area contributed by atoms with Crippen molar-refractivity contribution in [2.24, 2.45) is 5.92 Å². The first-order valence-corrected chi connectivity index (χ1v) is 11.8. The molecule has 1 aromatic carbocycles. The highest BCUT2D eigenvalue weighted by Crippen LogP contribution is 2.28. The number of carbonyl (C=O) groups is 1. The van der Waals surface area contributed by atoms with Crippen LogP contribution in [0.5, 0.6) is 0 Å². The molecular formula is C21H29N3O3S. The van der Waals surface area contributed by atoms with Gasteiger partial charge in [-0.3, -0.25) is 4.79 Å². The summed E-state index contributed by atoms with van der Waals surface area (Å²) in [6.45, 7) is 5.47. The van der Waals surface area contributed by atoms with Crippen LogP contribution < -0.4 is 0 Å². The van der Waals surface area contributed by atoms with E-state index in [0.717, 1.165) is 43.4 Å². The van der Waals surface area contributed by atoms with Crippen LogP contribution in [0.3, 0.4) is 0 Å². The van der Waals surface area contributed by atoms with E-state index in [2.05, 4.69) is 11.5 Å². The van der Waals surface area contributed by atoms with Gasteiger partial charge in [-0.05, 0) is 63.3 Å². The number of nitrogens with zero attached hydrogens (tertiary/aromatic N) is 3. The summed E-state index contributed by atoms with van der Waals surface area (Å²) in [6.07, 6.45) is 6.58. The van der Waals surface area contributed by atoms with Crippen molar-refractivity contribution >= 4 is 26.8 Å². The van der Waals surface area contributed by atoms with Crippen LogP contribution in [0.15, 0.2) is 35.4 Å². The highest BCUT2D eigenvalue weighted by atomic mass is 32.2. The number of hydrogen-bond donors (Lipinski definition) is 0. The van der Waals surface area contributed by atoms with Gasteiger partial charge >= 0.3 is 0 Å². The first-order valence-electron chi connectivity index (χ1n) is 10.4. The summed E-state index contributed by atoms with van der Waals surface area (Å²) in [7, 11) is -3.53. The predicted octanol–water partition coefficient (Wildman–Crippen LogP) is 3.07. The van der Waals surface area contributed by atoms with Crippen molar-refractivity contribution in [1.29, 1.82) is 0 Å². The van der Waals surface area contributed by atoms with Crippen molar-refractivity contribution < 1.29 is 13.2 Å². The first-order chi connectivity index (χ1) is 13.5. The molecule has 28 heavy (non-hydrogen) atoms. The van der Waals surface area contributed by atoms with Gasteiger partial charge in [0.05, 0.1) is 4.90 Å². The number of piperidine rings is 2. The number of aromatic nitrogens is 1. The Morgan fingerprint density at radius 2 is 1.75 bits per heavy atom. The Balaban J connectivity index is 1.45. The van der Waals surface area contributed by atoms with Crippen molar-refractivity contribution in [2.75, 3.05) is 26.2 Å². The van der Waals surface area contributed by atoms with E-state index < -0.39 is 10.0 Å². The Labute approximate surface area is 167 Å². The van der Waals surface area contributed by atoms with Gasteiger partial charge in [0, 0.05) is 55.7 Å². The fourth-order valence-electron chi connectivity index (χ4n) is 4.48. The molecular weight excluding hydrogens is 374 g/mol. The Hall–Kier alpha value is -1.86. The molecule has 2 aliphatic heterocycles. The molecule has 6 nitrogen and oxygen atoms in total. The van der Waals surface area contributed by atoms with Gasteiger partial charge in [0.15, 0.2) is 0 Å². The molecule has 0 aliphatic carbocycles. The zero-order chi connectivity index (χ0) is 19.7. The predicted molar refractivity (Wildman–Crippen MR) is 110 cm³/mol. The number of likely N-dealkylation sites (tertiary alicyclic amines) is 1.